The first kappa shape index (κ1) is 25.2. The van der Waals surface area contributed by atoms with Crippen LogP contribution in [-0.4, -0.2) is 61.0 Å². The Morgan fingerprint density at radius 3 is 2.55 bits per heavy atom. The van der Waals surface area contributed by atoms with Crippen LogP contribution in [0.2, 0.25) is 0 Å². The van der Waals surface area contributed by atoms with Crippen molar-refractivity contribution in [2.45, 2.75) is 32.6 Å². The zero-order valence-electron chi connectivity index (χ0n) is 18.5. The molecule has 5 rings (SSSR count). The minimum absolute atomic E-state index is 0. The first-order valence-electron chi connectivity index (χ1n) is 10.7. The molecule has 1 aliphatic rings. The van der Waals surface area contributed by atoms with Crippen molar-refractivity contribution in [3.8, 4) is 11.3 Å². The van der Waals surface area contributed by atoms with E-state index in [9.17, 15) is 0 Å². The van der Waals surface area contributed by atoms with Gasteiger partial charge in [-0.15, -0.1) is 24.8 Å². The smallest absolute Gasteiger partial charge is 0.156 e. The van der Waals surface area contributed by atoms with Crippen molar-refractivity contribution in [3.05, 3.63) is 53.2 Å². The molecule has 0 radical (unpaired) electrons. The molecular formula is C23H27Cl2FN6O. The van der Waals surface area contributed by atoms with Gasteiger partial charge in [0.25, 0.3) is 0 Å². The summed E-state index contributed by atoms with van der Waals surface area (Å²) in [6.45, 7) is 6.60. The van der Waals surface area contributed by atoms with E-state index in [1.807, 2.05) is 38.2 Å². The molecule has 0 bridgehead atoms. The zero-order chi connectivity index (χ0) is 21.5. The van der Waals surface area contributed by atoms with E-state index in [4.69, 9.17) is 5.11 Å². The monoisotopic (exact) mass is 492 g/mol. The number of aromatic nitrogens is 5. The molecule has 10 heteroatoms. The molecule has 0 aliphatic carbocycles. The predicted octanol–water partition coefficient (Wildman–Crippen LogP) is 4.11. The van der Waals surface area contributed by atoms with Crippen molar-refractivity contribution >= 4 is 41.4 Å². The number of β-amino-alcohol motifs (C(OH)–C–C–N with tert-alkyl or cyclic N) is 1. The van der Waals surface area contributed by atoms with E-state index in [0.717, 1.165) is 48.5 Å². The quantitative estimate of drug-likeness (QED) is 0.461. The summed E-state index contributed by atoms with van der Waals surface area (Å²) in [6.07, 6.45) is 3.74. The van der Waals surface area contributed by atoms with E-state index in [2.05, 4.69) is 25.2 Å². The SMILES string of the molecule is Cc1cn2nc(-c3cc(F)c4cc(C5CCN(CCO)CC5)nnc4c3)cc(C)c2n1.Cl.Cl. The second-order valence-corrected chi connectivity index (χ2v) is 8.36. The molecule has 1 N–H and O–H groups in total. The maximum absolute atomic E-state index is 15.1. The molecule has 1 saturated heterocycles. The maximum atomic E-state index is 15.1. The average Bonchev–Trinajstić information content (AvgIpc) is 3.15. The van der Waals surface area contributed by atoms with E-state index >= 15 is 4.39 Å². The first-order chi connectivity index (χ1) is 15.0. The Hall–Kier alpha value is -2.39. The Balaban J connectivity index is 0.00000153. The number of rotatable bonds is 4. The van der Waals surface area contributed by atoms with Gasteiger partial charge in [-0.1, -0.05) is 0 Å². The van der Waals surface area contributed by atoms with Gasteiger partial charge in [0.15, 0.2) is 5.65 Å². The van der Waals surface area contributed by atoms with Crippen molar-refractivity contribution in [1.29, 1.82) is 0 Å². The summed E-state index contributed by atoms with van der Waals surface area (Å²) in [5.74, 6) is -0.0511. The number of hydrogen-bond acceptors (Lipinski definition) is 6. The number of aliphatic hydroxyl groups excluding tert-OH is 1. The van der Waals surface area contributed by atoms with Gasteiger partial charge in [0, 0.05) is 23.4 Å². The minimum Gasteiger partial charge on any atom is -0.395 e. The average molecular weight is 493 g/mol. The minimum atomic E-state index is -0.317. The van der Waals surface area contributed by atoms with Crippen LogP contribution in [0, 0.1) is 19.7 Å². The molecule has 0 atom stereocenters. The van der Waals surface area contributed by atoms with Crippen LogP contribution < -0.4 is 0 Å². The molecule has 0 unspecified atom stereocenters. The lowest BCUT2D eigenvalue weighted by Gasteiger charge is -2.30. The number of likely N-dealkylation sites (tertiary alicyclic amines) is 1. The highest BCUT2D eigenvalue weighted by Crippen LogP contribution is 2.30. The number of hydrogen-bond donors (Lipinski definition) is 1. The fraction of sp³-hybridized carbons (Fsp3) is 0.391. The van der Waals surface area contributed by atoms with Crippen molar-refractivity contribution < 1.29 is 9.50 Å². The third-order valence-electron chi connectivity index (χ3n) is 6.12. The second kappa shape index (κ2) is 10.3. The zero-order valence-corrected chi connectivity index (χ0v) is 20.2. The van der Waals surface area contributed by atoms with Gasteiger partial charge in [0.1, 0.15) is 5.82 Å². The highest BCUT2D eigenvalue weighted by Gasteiger charge is 2.22. The van der Waals surface area contributed by atoms with Gasteiger partial charge in [0.05, 0.1) is 35.4 Å². The number of aliphatic hydroxyl groups is 1. The van der Waals surface area contributed by atoms with Gasteiger partial charge >= 0.3 is 0 Å². The highest BCUT2D eigenvalue weighted by molar-refractivity contribution is 5.86. The number of imidazole rings is 1. The van der Waals surface area contributed by atoms with E-state index in [1.165, 1.54) is 6.07 Å². The second-order valence-electron chi connectivity index (χ2n) is 8.36. The van der Waals surface area contributed by atoms with Crippen LogP contribution >= 0.6 is 24.8 Å². The summed E-state index contributed by atoms with van der Waals surface area (Å²) in [4.78, 5) is 6.71. The van der Waals surface area contributed by atoms with Crippen molar-refractivity contribution in [1.82, 2.24) is 29.7 Å². The third kappa shape index (κ3) is 4.94. The molecule has 4 aromatic rings. The van der Waals surface area contributed by atoms with Crippen LogP contribution in [0.15, 0.2) is 30.5 Å². The normalized spacial score (nSPS) is 14.9. The van der Waals surface area contributed by atoms with Gasteiger partial charge in [-0.05, 0) is 69.6 Å². The van der Waals surface area contributed by atoms with E-state index in [1.54, 1.807) is 4.52 Å². The van der Waals surface area contributed by atoms with Gasteiger partial charge in [0.2, 0.25) is 0 Å². The number of fused-ring (bicyclic) bond motifs is 2. The summed E-state index contributed by atoms with van der Waals surface area (Å²) in [5.41, 5.74) is 5.37. The topological polar surface area (TPSA) is 79.4 Å². The fourth-order valence-electron chi connectivity index (χ4n) is 4.44. The highest BCUT2D eigenvalue weighted by atomic mass is 35.5. The Bertz CT molecular complexity index is 1270. The summed E-state index contributed by atoms with van der Waals surface area (Å²) in [6, 6.07) is 7.13. The summed E-state index contributed by atoms with van der Waals surface area (Å²) < 4.78 is 16.8. The summed E-state index contributed by atoms with van der Waals surface area (Å²) >= 11 is 0. The summed E-state index contributed by atoms with van der Waals surface area (Å²) in [7, 11) is 0. The number of aryl methyl sites for hydroxylation is 2. The molecule has 3 aromatic heterocycles. The van der Waals surface area contributed by atoms with Gasteiger partial charge in [-0.2, -0.15) is 15.3 Å². The molecule has 0 amide bonds. The van der Waals surface area contributed by atoms with E-state index in [0.29, 0.717) is 28.7 Å². The van der Waals surface area contributed by atoms with Crippen LogP contribution in [0.1, 0.15) is 35.7 Å². The van der Waals surface area contributed by atoms with Crippen LogP contribution in [0.4, 0.5) is 4.39 Å². The number of nitrogens with zero attached hydrogens (tertiary/aromatic N) is 6. The maximum Gasteiger partial charge on any atom is 0.156 e. The van der Waals surface area contributed by atoms with Crippen LogP contribution in [0.5, 0.6) is 0 Å². The lowest BCUT2D eigenvalue weighted by molar-refractivity contribution is 0.163. The molecule has 33 heavy (non-hydrogen) atoms. The molecular weight excluding hydrogens is 466 g/mol. The molecule has 176 valence electrons. The molecule has 0 saturated carbocycles. The molecule has 7 nitrogen and oxygen atoms in total. The van der Waals surface area contributed by atoms with Gasteiger partial charge in [-0.3, -0.25) is 0 Å². The van der Waals surface area contributed by atoms with E-state index < -0.39 is 0 Å². The fourth-order valence-corrected chi connectivity index (χ4v) is 4.44. The summed E-state index contributed by atoms with van der Waals surface area (Å²) in [5, 5.41) is 23.0. The van der Waals surface area contributed by atoms with Gasteiger partial charge < -0.3 is 10.0 Å². The molecule has 0 spiro atoms. The number of benzene rings is 1. The largest absolute Gasteiger partial charge is 0.395 e. The number of piperidine rings is 1. The van der Waals surface area contributed by atoms with Crippen LogP contribution in [-0.2, 0) is 0 Å². The Morgan fingerprint density at radius 1 is 1.06 bits per heavy atom. The Kier molecular flexibility index (Phi) is 7.84. The van der Waals surface area contributed by atoms with Crippen molar-refractivity contribution in [2.24, 2.45) is 0 Å². The lowest BCUT2D eigenvalue weighted by Crippen LogP contribution is -2.35. The van der Waals surface area contributed by atoms with E-state index in [-0.39, 0.29) is 43.2 Å². The molecule has 1 aromatic carbocycles. The van der Waals surface area contributed by atoms with Crippen molar-refractivity contribution in [2.75, 3.05) is 26.2 Å². The Labute approximate surface area is 203 Å². The van der Waals surface area contributed by atoms with Crippen LogP contribution in [0.3, 0.4) is 0 Å². The van der Waals surface area contributed by atoms with Crippen LogP contribution in [0.25, 0.3) is 27.8 Å². The van der Waals surface area contributed by atoms with Crippen molar-refractivity contribution in [3.63, 3.8) is 0 Å². The first-order valence-corrected chi connectivity index (χ1v) is 10.7. The molecule has 1 fully saturated rings. The molecule has 4 heterocycles. The number of halogens is 3. The standard InChI is InChI=1S/C23H25FN6O.2ClH/c1-14-9-21(28-30-13-15(2)25-23(14)30)17-10-19(24)18-12-20(26-27-22(18)11-17)16-3-5-29(6-4-16)7-8-31;;/h9-13,16,31H,3-8H2,1-2H3;2*1H. The lowest BCUT2D eigenvalue weighted by atomic mass is 9.92. The molecule has 1 aliphatic heterocycles. The Morgan fingerprint density at radius 2 is 1.82 bits per heavy atom. The predicted molar refractivity (Wildman–Crippen MR) is 131 cm³/mol. The third-order valence-corrected chi connectivity index (χ3v) is 6.12. The van der Waals surface area contributed by atoms with Gasteiger partial charge in [-0.25, -0.2) is 13.9 Å².